The summed E-state index contributed by atoms with van der Waals surface area (Å²) >= 11 is 18.7. The van der Waals surface area contributed by atoms with E-state index in [0.717, 1.165) is 17.3 Å². The first-order valence-corrected chi connectivity index (χ1v) is 15.9. The largest absolute Gasteiger partial charge is 0.465 e. The lowest BCUT2D eigenvalue weighted by atomic mass is 9.77. The van der Waals surface area contributed by atoms with Gasteiger partial charge in [-0.3, -0.25) is 15.4 Å². The number of fused-ring (bicyclic) bond motifs is 1. The summed E-state index contributed by atoms with van der Waals surface area (Å²) in [5.74, 6) is 4.55. The maximum atomic E-state index is 14.3. The number of esters is 1. The third kappa shape index (κ3) is 6.09. The van der Waals surface area contributed by atoms with Gasteiger partial charge in [-0.05, 0) is 55.5 Å². The van der Waals surface area contributed by atoms with E-state index in [1.54, 1.807) is 54.3 Å². The lowest BCUT2D eigenvalue weighted by molar-refractivity contribution is -0.147. The molecule has 4 rings (SSSR count). The van der Waals surface area contributed by atoms with E-state index in [-0.39, 0.29) is 35.6 Å². The van der Waals surface area contributed by atoms with Crippen LogP contribution in [0.3, 0.4) is 0 Å². The molecular weight excluding hydrogens is 585 g/mol. The van der Waals surface area contributed by atoms with Crippen molar-refractivity contribution in [2.45, 2.75) is 63.1 Å². The second-order valence-corrected chi connectivity index (χ2v) is 13.0. The molecule has 1 amide bonds. The van der Waals surface area contributed by atoms with Crippen molar-refractivity contribution in [1.29, 1.82) is 0 Å². The first-order chi connectivity index (χ1) is 18.6. The Bertz CT molecular complexity index is 1330. The zero-order valence-corrected chi connectivity index (χ0v) is 24.6. The number of halogens is 3. The van der Waals surface area contributed by atoms with Crippen LogP contribution in [0.4, 0.5) is 0 Å². The Morgan fingerprint density at radius 2 is 1.85 bits per heavy atom. The van der Waals surface area contributed by atoms with Crippen LogP contribution in [0.1, 0.15) is 72.5 Å². The van der Waals surface area contributed by atoms with Crippen LogP contribution in [-0.2, 0) is 19.6 Å². The van der Waals surface area contributed by atoms with Crippen LogP contribution in [0.15, 0.2) is 42.5 Å². The zero-order valence-electron chi connectivity index (χ0n) is 21.6. The van der Waals surface area contributed by atoms with E-state index in [0.29, 0.717) is 34.6 Å². The number of hydrogen-bond donors (Lipinski definition) is 1. The number of hydrazine groups is 1. The fourth-order valence-corrected chi connectivity index (χ4v) is 7.93. The van der Waals surface area contributed by atoms with Gasteiger partial charge in [-0.15, -0.1) is 16.0 Å². The average molecular weight is 617 g/mol. The highest BCUT2D eigenvalue weighted by molar-refractivity contribution is 7.89. The predicted octanol–water partition coefficient (Wildman–Crippen LogP) is 5.28. The summed E-state index contributed by atoms with van der Waals surface area (Å²) in [6.45, 7) is 1.86. The topological polar surface area (TPSA) is 110 Å². The molecule has 8 nitrogen and oxygen atoms in total. The van der Waals surface area contributed by atoms with Crippen LogP contribution in [-0.4, -0.2) is 59.9 Å². The Morgan fingerprint density at radius 1 is 1.13 bits per heavy atom. The van der Waals surface area contributed by atoms with Crippen LogP contribution >= 0.6 is 34.8 Å². The van der Waals surface area contributed by atoms with Crippen LogP contribution in [0.5, 0.6) is 0 Å². The summed E-state index contributed by atoms with van der Waals surface area (Å²) in [4.78, 5) is 29.5. The summed E-state index contributed by atoms with van der Waals surface area (Å²) < 4.78 is 32.7. The minimum absolute atomic E-state index is 0.147. The molecule has 0 aromatic heterocycles. The molecule has 0 saturated heterocycles. The van der Waals surface area contributed by atoms with E-state index in [4.69, 9.17) is 45.4 Å². The normalized spacial score (nSPS) is 23.5. The molecule has 0 radical (unpaired) electrons. The highest BCUT2D eigenvalue weighted by Gasteiger charge is 2.51. The molecule has 2 aromatic rings. The number of carbonyl (C=O) groups excluding carboxylic acids is 2. The molecule has 2 aliphatic rings. The van der Waals surface area contributed by atoms with Crippen molar-refractivity contribution in [3.05, 3.63) is 69.2 Å². The van der Waals surface area contributed by atoms with Gasteiger partial charge >= 0.3 is 5.97 Å². The number of benzene rings is 2. The Hall–Kier alpha value is -1.88. The molecule has 39 heavy (non-hydrogen) atoms. The van der Waals surface area contributed by atoms with Crippen LogP contribution in [0, 0.1) is 0 Å². The Labute approximate surface area is 244 Å². The molecule has 1 unspecified atom stereocenters. The molecule has 0 spiro atoms. The van der Waals surface area contributed by atoms with Crippen LogP contribution < -0.4 is 5.84 Å². The quantitative estimate of drug-likeness (QED) is 0.178. The van der Waals surface area contributed by atoms with E-state index in [2.05, 4.69) is 0 Å². The molecule has 1 aliphatic heterocycles. The number of rotatable bonds is 9. The van der Waals surface area contributed by atoms with E-state index < -0.39 is 40.0 Å². The highest BCUT2D eigenvalue weighted by atomic mass is 35.5. The summed E-state index contributed by atoms with van der Waals surface area (Å²) in [5.41, 5.74) is 1.40. The van der Waals surface area contributed by atoms with Crippen molar-refractivity contribution >= 4 is 56.7 Å². The van der Waals surface area contributed by atoms with Gasteiger partial charge < -0.3 is 9.64 Å². The minimum Gasteiger partial charge on any atom is -0.465 e. The van der Waals surface area contributed by atoms with Gasteiger partial charge in [0.05, 0.1) is 30.5 Å². The Morgan fingerprint density at radius 3 is 2.54 bits per heavy atom. The standard InChI is InChI=1S/C27H32Cl3N3O5S/c1-2-38-27(35)24-18-8-3-4-9-19(18)26(34)32(25(24)20-13-12-17(29)16-21(20)30)22-10-5-6-11-23(22)33(31)39(36,37)15-7-14-28/h3-4,8-9,12-13,16,22-25H,2,5-7,10-11,14-15,31H2,1H3/t22-,23-,24?,25-/m0/s1. The molecule has 12 heteroatoms. The van der Waals surface area contributed by atoms with E-state index in [9.17, 15) is 18.0 Å². The summed E-state index contributed by atoms with van der Waals surface area (Å²) in [7, 11) is -3.85. The molecule has 1 fully saturated rings. The van der Waals surface area contributed by atoms with Crippen molar-refractivity contribution in [3.63, 3.8) is 0 Å². The first-order valence-electron chi connectivity index (χ1n) is 13.0. The van der Waals surface area contributed by atoms with Crippen LogP contribution in [0.2, 0.25) is 10.0 Å². The van der Waals surface area contributed by atoms with Gasteiger partial charge in [-0.2, -0.15) is 0 Å². The number of sulfonamides is 1. The number of nitrogens with two attached hydrogens (primary N) is 1. The highest BCUT2D eigenvalue weighted by Crippen LogP contribution is 2.48. The molecule has 2 N–H and O–H groups in total. The van der Waals surface area contributed by atoms with Gasteiger partial charge in [-0.1, -0.05) is 60.3 Å². The third-order valence-corrected chi connectivity index (χ3v) is 9.98. The van der Waals surface area contributed by atoms with Crippen molar-refractivity contribution < 1.29 is 22.7 Å². The lowest BCUT2D eigenvalue weighted by Crippen LogP contribution is -2.61. The second kappa shape index (κ2) is 12.7. The fraction of sp³-hybridized carbons (Fsp3) is 0.481. The van der Waals surface area contributed by atoms with Crippen molar-refractivity contribution in [2.24, 2.45) is 5.84 Å². The number of amides is 1. The average Bonchev–Trinajstić information content (AvgIpc) is 2.92. The fourth-order valence-electron chi connectivity index (χ4n) is 5.74. The van der Waals surface area contributed by atoms with Crippen molar-refractivity contribution in [1.82, 2.24) is 9.31 Å². The number of hydrogen-bond acceptors (Lipinski definition) is 6. The molecule has 1 saturated carbocycles. The molecule has 212 valence electrons. The van der Waals surface area contributed by atoms with Gasteiger partial charge in [0, 0.05) is 21.5 Å². The molecule has 1 heterocycles. The minimum atomic E-state index is -3.85. The SMILES string of the molecule is CCOC(=O)C1c2ccccc2C(=O)N([C@H]2CCCC[C@@H]2N(N)S(=O)(=O)CCCCl)[C@H]1c1ccc(Cl)cc1Cl. The van der Waals surface area contributed by atoms with Crippen molar-refractivity contribution in [3.8, 4) is 0 Å². The number of carbonyl (C=O) groups is 2. The number of nitrogens with zero attached hydrogens (tertiary/aromatic N) is 2. The lowest BCUT2D eigenvalue weighted by Gasteiger charge is -2.50. The molecule has 1 aliphatic carbocycles. The van der Waals surface area contributed by atoms with Crippen molar-refractivity contribution in [2.75, 3.05) is 18.2 Å². The predicted molar refractivity (Wildman–Crippen MR) is 152 cm³/mol. The zero-order chi connectivity index (χ0) is 28.3. The Balaban J connectivity index is 1.91. The van der Waals surface area contributed by atoms with E-state index >= 15 is 0 Å². The smallest absolute Gasteiger partial charge is 0.315 e. The van der Waals surface area contributed by atoms with Gasteiger partial charge in [0.15, 0.2) is 0 Å². The Kier molecular flexibility index (Phi) is 9.83. The second-order valence-electron chi connectivity index (χ2n) is 9.75. The third-order valence-electron chi connectivity index (χ3n) is 7.43. The number of alkyl halides is 1. The summed E-state index contributed by atoms with van der Waals surface area (Å²) in [6, 6.07) is 9.63. The molecule has 2 aromatic carbocycles. The summed E-state index contributed by atoms with van der Waals surface area (Å²) in [6.07, 6.45) is 2.70. The van der Waals surface area contributed by atoms with E-state index in [1.807, 2.05) is 0 Å². The maximum Gasteiger partial charge on any atom is 0.315 e. The van der Waals surface area contributed by atoms with Gasteiger partial charge in [0.1, 0.15) is 5.92 Å². The first kappa shape index (κ1) is 30.1. The number of ether oxygens (including phenoxy) is 1. The van der Waals surface area contributed by atoms with Crippen LogP contribution in [0.25, 0.3) is 0 Å². The van der Waals surface area contributed by atoms with Gasteiger partial charge in [0.2, 0.25) is 10.0 Å². The maximum absolute atomic E-state index is 14.3. The van der Waals surface area contributed by atoms with E-state index in [1.165, 1.54) is 0 Å². The molecular formula is C27H32Cl3N3O5S. The monoisotopic (exact) mass is 615 g/mol. The van der Waals surface area contributed by atoms with Gasteiger partial charge in [-0.25, -0.2) is 8.42 Å². The molecule has 4 atom stereocenters. The summed E-state index contributed by atoms with van der Waals surface area (Å²) in [5, 5.41) is 0.685. The van der Waals surface area contributed by atoms with Gasteiger partial charge in [0.25, 0.3) is 5.91 Å². The molecule has 0 bridgehead atoms.